The summed E-state index contributed by atoms with van der Waals surface area (Å²) < 4.78 is 0. The quantitative estimate of drug-likeness (QED) is 0.822. The molecule has 116 valence electrons. The van der Waals surface area contributed by atoms with Crippen molar-refractivity contribution >= 4 is 0 Å². The zero-order chi connectivity index (χ0) is 16.1. The van der Waals surface area contributed by atoms with Gasteiger partial charge in [0.05, 0.1) is 0 Å². The second-order valence-corrected chi connectivity index (χ2v) is 7.65. The van der Waals surface area contributed by atoms with Crippen LogP contribution in [0.3, 0.4) is 0 Å². The normalized spacial score (nSPS) is 16.5. The summed E-state index contributed by atoms with van der Waals surface area (Å²) in [5, 5.41) is 0. The molecule has 0 fully saturated rings. The molecule has 2 aromatic carbocycles. The van der Waals surface area contributed by atoms with Crippen LogP contribution in [0.25, 0.3) is 11.1 Å². The van der Waals surface area contributed by atoms with Crippen LogP contribution in [0.4, 0.5) is 0 Å². The van der Waals surface area contributed by atoms with E-state index in [-0.39, 0.29) is 5.41 Å². The van der Waals surface area contributed by atoms with Crippen molar-refractivity contribution in [2.24, 2.45) is 5.73 Å². The molecule has 1 aliphatic carbocycles. The third-order valence-electron chi connectivity index (χ3n) is 5.16. The molecular weight excluding hydrogens is 266 g/mol. The minimum atomic E-state index is 0.183. The average molecular weight is 293 g/mol. The maximum atomic E-state index is 5.91. The largest absolute Gasteiger partial charge is 0.330 e. The molecule has 0 aromatic heterocycles. The van der Waals surface area contributed by atoms with Crippen molar-refractivity contribution < 1.29 is 0 Å². The second-order valence-electron chi connectivity index (χ2n) is 7.65. The van der Waals surface area contributed by atoms with Crippen LogP contribution in [-0.2, 0) is 5.41 Å². The first kappa shape index (κ1) is 15.3. The molecule has 22 heavy (non-hydrogen) atoms. The molecule has 0 saturated heterocycles. The summed E-state index contributed by atoms with van der Waals surface area (Å²) in [6, 6.07) is 11.6. The van der Waals surface area contributed by atoms with Crippen molar-refractivity contribution in [2.45, 2.75) is 52.4 Å². The summed E-state index contributed by atoms with van der Waals surface area (Å²) in [5.41, 5.74) is 16.1. The van der Waals surface area contributed by atoms with E-state index in [9.17, 15) is 0 Å². The van der Waals surface area contributed by atoms with Gasteiger partial charge in [-0.2, -0.15) is 0 Å². The SMILES string of the molecule is Cc1ccc2c(c1C)-c1ccc(C(C)(C)C)cc1C2CCN. The first-order valence-corrected chi connectivity index (χ1v) is 8.29. The molecule has 0 heterocycles. The Bertz CT molecular complexity index is 719. The Morgan fingerprint density at radius 2 is 1.73 bits per heavy atom. The van der Waals surface area contributed by atoms with Gasteiger partial charge in [0.1, 0.15) is 0 Å². The molecule has 0 bridgehead atoms. The lowest BCUT2D eigenvalue weighted by molar-refractivity contribution is 0.588. The van der Waals surface area contributed by atoms with E-state index in [0.717, 1.165) is 13.0 Å². The van der Waals surface area contributed by atoms with Gasteiger partial charge in [-0.25, -0.2) is 0 Å². The van der Waals surface area contributed by atoms with Crippen molar-refractivity contribution in [1.82, 2.24) is 0 Å². The van der Waals surface area contributed by atoms with Crippen LogP contribution in [0, 0.1) is 13.8 Å². The molecule has 2 aromatic rings. The van der Waals surface area contributed by atoms with Gasteiger partial charge < -0.3 is 5.73 Å². The Hall–Kier alpha value is -1.60. The zero-order valence-electron chi connectivity index (χ0n) is 14.5. The van der Waals surface area contributed by atoms with Crippen LogP contribution in [0.2, 0.25) is 0 Å². The highest BCUT2D eigenvalue weighted by Crippen LogP contribution is 2.49. The van der Waals surface area contributed by atoms with Crippen molar-refractivity contribution in [1.29, 1.82) is 0 Å². The van der Waals surface area contributed by atoms with E-state index in [1.807, 2.05) is 0 Å². The van der Waals surface area contributed by atoms with Crippen LogP contribution in [0.5, 0.6) is 0 Å². The molecule has 0 saturated carbocycles. The Morgan fingerprint density at radius 1 is 1.00 bits per heavy atom. The maximum Gasteiger partial charge on any atom is 0.0114 e. The van der Waals surface area contributed by atoms with E-state index in [0.29, 0.717) is 5.92 Å². The van der Waals surface area contributed by atoms with Crippen LogP contribution in [0.1, 0.15) is 60.9 Å². The monoisotopic (exact) mass is 293 g/mol. The van der Waals surface area contributed by atoms with Gasteiger partial charge in [-0.1, -0.05) is 51.1 Å². The number of rotatable bonds is 2. The third-order valence-corrected chi connectivity index (χ3v) is 5.16. The molecule has 1 unspecified atom stereocenters. The third kappa shape index (κ3) is 2.28. The van der Waals surface area contributed by atoms with Gasteiger partial charge in [-0.15, -0.1) is 0 Å². The Balaban J connectivity index is 2.25. The molecular formula is C21H27N. The summed E-state index contributed by atoms with van der Waals surface area (Å²) in [4.78, 5) is 0. The van der Waals surface area contributed by atoms with E-state index in [2.05, 4.69) is 65.0 Å². The number of benzene rings is 2. The van der Waals surface area contributed by atoms with Gasteiger partial charge in [-0.3, -0.25) is 0 Å². The van der Waals surface area contributed by atoms with E-state index < -0.39 is 0 Å². The molecule has 0 aliphatic heterocycles. The highest BCUT2D eigenvalue weighted by Gasteiger charge is 2.30. The Morgan fingerprint density at radius 3 is 2.36 bits per heavy atom. The molecule has 0 amide bonds. The van der Waals surface area contributed by atoms with Crippen molar-refractivity contribution in [2.75, 3.05) is 6.54 Å². The van der Waals surface area contributed by atoms with E-state index in [1.165, 1.54) is 38.9 Å². The van der Waals surface area contributed by atoms with Gasteiger partial charge in [0.15, 0.2) is 0 Å². The molecule has 1 nitrogen and oxygen atoms in total. The molecule has 1 aliphatic rings. The van der Waals surface area contributed by atoms with E-state index in [4.69, 9.17) is 5.73 Å². The Kier molecular flexibility index (Phi) is 3.65. The van der Waals surface area contributed by atoms with Crippen molar-refractivity contribution in [3.05, 3.63) is 58.1 Å². The van der Waals surface area contributed by atoms with Gasteiger partial charge in [0.2, 0.25) is 0 Å². The topological polar surface area (TPSA) is 26.0 Å². The molecule has 0 spiro atoms. The lowest BCUT2D eigenvalue weighted by Gasteiger charge is -2.21. The van der Waals surface area contributed by atoms with Crippen molar-refractivity contribution in [3.63, 3.8) is 0 Å². The summed E-state index contributed by atoms with van der Waals surface area (Å²) in [5.74, 6) is 0.455. The first-order valence-electron chi connectivity index (χ1n) is 8.29. The highest BCUT2D eigenvalue weighted by atomic mass is 14.5. The van der Waals surface area contributed by atoms with Gasteiger partial charge in [0.25, 0.3) is 0 Å². The second kappa shape index (κ2) is 5.24. The van der Waals surface area contributed by atoms with Crippen LogP contribution in [0.15, 0.2) is 30.3 Å². The fourth-order valence-corrected chi connectivity index (χ4v) is 3.68. The van der Waals surface area contributed by atoms with Crippen molar-refractivity contribution in [3.8, 4) is 11.1 Å². The number of hydrogen-bond acceptors (Lipinski definition) is 1. The highest BCUT2D eigenvalue weighted by molar-refractivity contribution is 5.82. The van der Waals surface area contributed by atoms with E-state index >= 15 is 0 Å². The zero-order valence-corrected chi connectivity index (χ0v) is 14.5. The number of aryl methyl sites for hydroxylation is 1. The van der Waals surface area contributed by atoms with Gasteiger partial charge >= 0.3 is 0 Å². The summed E-state index contributed by atoms with van der Waals surface area (Å²) in [6.45, 7) is 12.0. The molecule has 2 N–H and O–H groups in total. The molecule has 3 rings (SSSR count). The lowest BCUT2D eigenvalue weighted by atomic mass is 9.83. The standard InChI is InChI=1S/C21H27N/c1-13-6-8-17-16(10-11-22)19-12-15(21(3,4)5)7-9-18(19)20(17)14(13)2/h6-9,12,16H,10-11,22H2,1-5H3. The predicted octanol–water partition coefficient (Wildman–Crippen LogP) is 5.06. The van der Waals surface area contributed by atoms with Crippen LogP contribution in [-0.4, -0.2) is 6.54 Å². The predicted molar refractivity (Wildman–Crippen MR) is 95.6 cm³/mol. The number of fused-ring (bicyclic) bond motifs is 3. The molecule has 1 heteroatoms. The van der Waals surface area contributed by atoms with E-state index in [1.54, 1.807) is 0 Å². The van der Waals surface area contributed by atoms with Crippen LogP contribution >= 0.6 is 0 Å². The summed E-state index contributed by atoms with van der Waals surface area (Å²) in [6.07, 6.45) is 1.02. The van der Waals surface area contributed by atoms with Crippen LogP contribution < -0.4 is 5.73 Å². The molecule has 1 atom stereocenters. The minimum absolute atomic E-state index is 0.183. The molecule has 0 radical (unpaired) electrons. The maximum absolute atomic E-state index is 5.91. The first-order chi connectivity index (χ1) is 10.3. The smallest absolute Gasteiger partial charge is 0.0114 e. The minimum Gasteiger partial charge on any atom is -0.330 e. The van der Waals surface area contributed by atoms with Gasteiger partial charge in [-0.05, 0) is 71.2 Å². The number of nitrogens with two attached hydrogens (primary N) is 1. The van der Waals surface area contributed by atoms with Gasteiger partial charge in [0, 0.05) is 5.92 Å². The Labute approximate surface area is 134 Å². The fraction of sp³-hybridized carbons (Fsp3) is 0.429. The average Bonchev–Trinajstić information content (AvgIpc) is 2.77. The fourth-order valence-electron chi connectivity index (χ4n) is 3.68. The summed E-state index contributed by atoms with van der Waals surface area (Å²) in [7, 11) is 0. The lowest BCUT2D eigenvalue weighted by Crippen LogP contribution is -2.12. The summed E-state index contributed by atoms with van der Waals surface area (Å²) >= 11 is 0. The number of hydrogen-bond donors (Lipinski definition) is 1.